The number of rotatable bonds is 5. The minimum absolute atomic E-state index is 0.0213. The first kappa shape index (κ1) is 15.7. The number of hydrogen-bond donors (Lipinski definition) is 5. The van der Waals surface area contributed by atoms with E-state index in [0.717, 1.165) is 0 Å². The molecule has 0 fully saturated rings. The number of carbonyl (C=O) groups is 2. The van der Waals surface area contributed by atoms with Gasteiger partial charge in [-0.1, -0.05) is 0 Å². The van der Waals surface area contributed by atoms with Gasteiger partial charge in [0, 0.05) is 12.2 Å². The van der Waals surface area contributed by atoms with Crippen molar-refractivity contribution in [3.05, 3.63) is 0 Å². The molecule has 0 aliphatic carbocycles. The summed E-state index contributed by atoms with van der Waals surface area (Å²) in [5.41, 5.74) is 9.81. The molecule has 0 aromatic rings. The summed E-state index contributed by atoms with van der Waals surface area (Å²) in [5, 5.41) is 16.0. The molecule has 0 bridgehead atoms. The molecule has 0 aromatic heterocycles. The summed E-state index contributed by atoms with van der Waals surface area (Å²) >= 11 is 3.67. The molecule has 0 rings (SSSR count). The summed E-state index contributed by atoms with van der Waals surface area (Å²) in [6.07, 6.45) is 0.123. The van der Waals surface area contributed by atoms with Gasteiger partial charge in [-0.15, -0.1) is 0 Å². The fourth-order valence-electron chi connectivity index (χ4n) is 0.421. The largest absolute Gasteiger partial charge is 0.480 e. The number of carboxylic acids is 1. The lowest BCUT2D eigenvalue weighted by Crippen LogP contribution is -2.31. The van der Waals surface area contributed by atoms with Crippen molar-refractivity contribution in [3.8, 4) is 0 Å². The number of thiol groups is 1. The molecule has 1 amide bonds. The number of nitrogens with two attached hydrogens (primary N) is 2. The Hall–Kier alpha value is -0.790. The predicted octanol–water partition coefficient (Wildman–Crippen LogP) is -1.43. The molecule has 0 aromatic carbocycles. The van der Waals surface area contributed by atoms with E-state index in [0.29, 0.717) is 5.75 Å². The summed E-state index contributed by atoms with van der Waals surface area (Å²) < 4.78 is 0. The summed E-state index contributed by atoms with van der Waals surface area (Å²) in [5.74, 6) is -1.07. The Morgan fingerprint density at radius 2 is 1.86 bits per heavy atom. The van der Waals surface area contributed by atoms with Crippen LogP contribution in [0, 0.1) is 0 Å². The Morgan fingerprint density at radius 3 is 2.07 bits per heavy atom. The molecule has 0 saturated carbocycles. The van der Waals surface area contributed by atoms with Gasteiger partial charge in [0.25, 0.3) is 0 Å². The summed E-state index contributed by atoms with van der Waals surface area (Å²) in [6.45, 7) is 0.184. The third-order valence-electron chi connectivity index (χ3n) is 1.12. The molecule has 14 heavy (non-hydrogen) atoms. The molecule has 1 unspecified atom stereocenters. The summed E-state index contributed by atoms with van der Waals surface area (Å²) in [7, 11) is 0. The Morgan fingerprint density at radius 1 is 1.43 bits per heavy atom. The van der Waals surface area contributed by atoms with E-state index in [9.17, 15) is 9.59 Å². The van der Waals surface area contributed by atoms with E-state index in [1.54, 1.807) is 0 Å². The Bertz CT molecular complexity index is 175. The molecular formula is C7H16N2O4S. The van der Waals surface area contributed by atoms with Crippen LogP contribution in [0.5, 0.6) is 0 Å². The zero-order valence-electron chi connectivity index (χ0n) is 7.72. The van der Waals surface area contributed by atoms with Gasteiger partial charge in [-0.25, -0.2) is 0 Å². The molecule has 0 spiro atoms. The number of hydrogen-bond acceptors (Lipinski definition) is 5. The van der Waals surface area contributed by atoms with Gasteiger partial charge in [-0.05, 0) is 6.42 Å². The first-order chi connectivity index (χ1) is 6.45. The highest BCUT2D eigenvalue weighted by atomic mass is 32.1. The second-order valence-electron chi connectivity index (χ2n) is 2.40. The third kappa shape index (κ3) is 13.8. The zero-order valence-corrected chi connectivity index (χ0v) is 8.61. The van der Waals surface area contributed by atoms with E-state index in [1.807, 2.05) is 0 Å². The second-order valence-corrected chi connectivity index (χ2v) is 2.84. The molecular weight excluding hydrogens is 208 g/mol. The molecule has 6 nitrogen and oxygen atoms in total. The minimum Gasteiger partial charge on any atom is -0.480 e. The third-order valence-corrected chi connectivity index (χ3v) is 1.32. The van der Waals surface area contributed by atoms with Gasteiger partial charge in [0.15, 0.2) is 0 Å². The maximum atomic E-state index is 10.1. The van der Waals surface area contributed by atoms with Crippen LogP contribution in [0.4, 0.5) is 0 Å². The van der Waals surface area contributed by atoms with Crippen LogP contribution in [0.3, 0.4) is 0 Å². The average Bonchev–Trinajstić information content (AvgIpc) is 2.14. The van der Waals surface area contributed by atoms with E-state index >= 15 is 0 Å². The van der Waals surface area contributed by atoms with Crippen molar-refractivity contribution in [2.75, 3.05) is 12.4 Å². The first-order valence-corrected chi connectivity index (χ1v) is 4.57. The van der Waals surface area contributed by atoms with Crippen molar-refractivity contribution < 1.29 is 19.8 Å². The number of primary amides is 1. The van der Waals surface area contributed by atoms with Gasteiger partial charge in [0.2, 0.25) is 5.91 Å². The van der Waals surface area contributed by atoms with Crippen LogP contribution in [0.25, 0.3) is 0 Å². The van der Waals surface area contributed by atoms with Gasteiger partial charge >= 0.3 is 5.97 Å². The molecule has 0 heterocycles. The van der Waals surface area contributed by atoms with E-state index in [4.69, 9.17) is 21.7 Å². The smallest absolute Gasteiger partial charge is 0.320 e. The van der Waals surface area contributed by atoms with Gasteiger partial charge in [0.05, 0.1) is 6.61 Å². The lowest BCUT2D eigenvalue weighted by molar-refractivity contribution is -0.138. The molecule has 0 aliphatic heterocycles. The van der Waals surface area contributed by atoms with Crippen LogP contribution >= 0.6 is 12.6 Å². The van der Waals surface area contributed by atoms with Crippen molar-refractivity contribution in [2.24, 2.45) is 11.5 Å². The number of aliphatic hydroxyl groups excluding tert-OH is 1. The molecule has 0 radical (unpaired) electrons. The highest BCUT2D eigenvalue weighted by Gasteiger charge is 2.11. The number of aliphatic carboxylic acids is 1. The van der Waals surface area contributed by atoms with Crippen molar-refractivity contribution >= 4 is 24.5 Å². The quantitative estimate of drug-likeness (QED) is 0.366. The molecule has 84 valence electrons. The van der Waals surface area contributed by atoms with E-state index in [2.05, 4.69) is 12.6 Å². The number of carbonyl (C=O) groups excluding carboxylic acids is 1. The van der Waals surface area contributed by atoms with E-state index < -0.39 is 17.9 Å². The maximum absolute atomic E-state index is 10.1. The highest BCUT2D eigenvalue weighted by Crippen LogP contribution is 1.92. The fourth-order valence-corrected chi connectivity index (χ4v) is 0.421. The van der Waals surface area contributed by atoms with Crippen molar-refractivity contribution in [3.63, 3.8) is 0 Å². The standard InChI is InChI=1S/C5H10N2O3.C2H6OS/c6-3(5(9)10)1-2-4(7)8;3-1-2-4/h3H,1-2,6H2,(H2,7,8)(H,9,10);3-4H,1-2H2. The second kappa shape index (κ2) is 10.3. The molecule has 0 aliphatic rings. The van der Waals surface area contributed by atoms with Crippen LogP contribution in [-0.2, 0) is 9.59 Å². The van der Waals surface area contributed by atoms with Crippen LogP contribution in [-0.4, -0.2) is 40.5 Å². The van der Waals surface area contributed by atoms with Gasteiger partial charge in [-0.3, -0.25) is 9.59 Å². The Labute approximate surface area is 87.7 Å². The monoisotopic (exact) mass is 224 g/mol. The lowest BCUT2D eigenvalue weighted by Gasteiger charge is -2.01. The van der Waals surface area contributed by atoms with Crippen LogP contribution < -0.4 is 11.5 Å². The highest BCUT2D eigenvalue weighted by molar-refractivity contribution is 7.80. The lowest BCUT2D eigenvalue weighted by atomic mass is 10.2. The molecule has 1 atom stereocenters. The SMILES string of the molecule is NC(=O)CCC(N)C(=O)O.OCCS. The van der Waals surface area contributed by atoms with Crippen molar-refractivity contribution in [2.45, 2.75) is 18.9 Å². The summed E-state index contributed by atoms with van der Waals surface area (Å²) in [4.78, 5) is 20.1. The normalized spacial score (nSPS) is 11.1. The van der Waals surface area contributed by atoms with Crippen molar-refractivity contribution in [1.29, 1.82) is 0 Å². The number of aliphatic hydroxyl groups is 1. The van der Waals surface area contributed by atoms with Crippen LogP contribution in [0.1, 0.15) is 12.8 Å². The Kier molecular flexibility index (Phi) is 11.5. The number of carboxylic acid groups (broad SMARTS) is 1. The van der Waals surface area contributed by atoms with Gasteiger partial charge < -0.3 is 21.7 Å². The van der Waals surface area contributed by atoms with E-state index in [1.165, 1.54) is 0 Å². The average molecular weight is 224 g/mol. The number of amides is 1. The van der Waals surface area contributed by atoms with Crippen LogP contribution in [0.2, 0.25) is 0 Å². The van der Waals surface area contributed by atoms with Gasteiger partial charge in [0.1, 0.15) is 6.04 Å². The molecule has 7 heteroatoms. The van der Waals surface area contributed by atoms with E-state index in [-0.39, 0.29) is 19.4 Å². The first-order valence-electron chi connectivity index (χ1n) is 3.94. The van der Waals surface area contributed by atoms with Crippen LogP contribution in [0.15, 0.2) is 0 Å². The van der Waals surface area contributed by atoms with Crippen molar-refractivity contribution in [1.82, 2.24) is 0 Å². The molecule has 6 N–H and O–H groups in total. The minimum atomic E-state index is -1.11. The zero-order chi connectivity index (χ0) is 11.6. The predicted molar refractivity (Wildman–Crippen MR) is 55.0 cm³/mol. The molecule has 0 saturated heterocycles. The topological polar surface area (TPSA) is 127 Å². The fraction of sp³-hybridized carbons (Fsp3) is 0.714. The maximum Gasteiger partial charge on any atom is 0.320 e. The Balaban J connectivity index is 0. The summed E-state index contributed by atoms with van der Waals surface area (Å²) in [6, 6.07) is -0.979. The van der Waals surface area contributed by atoms with Gasteiger partial charge in [-0.2, -0.15) is 12.6 Å².